The van der Waals surface area contributed by atoms with Gasteiger partial charge in [0.25, 0.3) is 0 Å². The van der Waals surface area contributed by atoms with E-state index in [0.29, 0.717) is 50.9 Å². The molecule has 1 unspecified atom stereocenters. The third kappa shape index (κ3) is 6.15. The van der Waals surface area contributed by atoms with Gasteiger partial charge >= 0.3 is 6.03 Å². The van der Waals surface area contributed by atoms with Crippen molar-refractivity contribution < 1.29 is 18.8 Å². The van der Waals surface area contributed by atoms with Crippen LogP contribution >= 0.6 is 0 Å². The number of nitrogens with one attached hydrogen (secondary N) is 1. The standard InChI is InChI=1S/C20H34N6O4/c1-3-29-15-5-9-21-20(28)26-10-4-6-16(26)19-22-17(30-23-19)7-8-18(27)25-13-11-24(2)12-14-25/h16H,3-15H2,1-2H3,(H,21,28). The summed E-state index contributed by atoms with van der Waals surface area (Å²) in [6.07, 6.45) is 3.29. The molecular formula is C20H34N6O4. The van der Waals surface area contributed by atoms with E-state index >= 15 is 0 Å². The number of carbonyl (C=O) groups is 2. The number of ether oxygens (including phenoxy) is 1. The molecule has 168 valence electrons. The molecule has 0 saturated carbocycles. The second kappa shape index (κ2) is 11.3. The lowest BCUT2D eigenvalue weighted by molar-refractivity contribution is -0.132. The van der Waals surface area contributed by atoms with E-state index in [1.165, 1.54) is 0 Å². The third-order valence-corrected chi connectivity index (χ3v) is 5.65. The quantitative estimate of drug-likeness (QED) is 0.593. The Labute approximate surface area is 177 Å². The normalized spacial score (nSPS) is 20.0. The Kier molecular flexibility index (Phi) is 8.44. The number of aromatic nitrogens is 2. The number of carbonyl (C=O) groups excluding carboxylic acids is 2. The fourth-order valence-electron chi connectivity index (χ4n) is 3.83. The number of hydrogen-bond donors (Lipinski definition) is 1. The molecule has 1 aromatic rings. The van der Waals surface area contributed by atoms with Gasteiger partial charge < -0.3 is 29.3 Å². The number of rotatable bonds is 9. The van der Waals surface area contributed by atoms with Crippen LogP contribution < -0.4 is 5.32 Å². The summed E-state index contributed by atoms with van der Waals surface area (Å²) in [4.78, 5) is 35.3. The van der Waals surface area contributed by atoms with Crippen LogP contribution in [0.3, 0.4) is 0 Å². The first-order valence-corrected chi connectivity index (χ1v) is 11.0. The molecule has 0 aliphatic carbocycles. The van der Waals surface area contributed by atoms with Crippen molar-refractivity contribution in [1.82, 2.24) is 30.2 Å². The highest BCUT2D eigenvalue weighted by atomic mass is 16.5. The highest BCUT2D eigenvalue weighted by Crippen LogP contribution is 2.30. The van der Waals surface area contributed by atoms with E-state index < -0.39 is 0 Å². The van der Waals surface area contributed by atoms with Gasteiger partial charge in [0.1, 0.15) is 0 Å². The minimum atomic E-state index is -0.178. The predicted molar refractivity (Wildman–Crippen MR) is 110 cm³/mol. The summed E-state index contributed by atoms with van der Waals surface area (Å²) in [6, 6.07) is -0.284. The van der Waals surface area contributed by atoms with Crippen molar-refractivity contribution in [1.29, 1.82) is 0 Å². The van der Waals surface area contributed by atoms with Gasteiger partial charge in [0.2, 0.25) is 11.8 Å². The van der Waals surface area contributed by atoms with Gasteiger partial charge in [0.05, 0.1) is 6.04 Å². The molecule has 0 aromatic carbocycles. The lowest BCUT2D eigenvalue weighted by Gasteiger charge is -2.32. The maximum absolute atomic E-state index is 12.5. The molecule has 10 nitrogen and oxygen atoms in total. The SMILES string of the molecule is CCOCCCNC(=O)N1CCCC1c1noc(CCC(=O)N2CCN(C)CC2)n1. The molecule has 10 heteroatoms. The Hall–Kier alpha value is -2.20. The molecule has 0 bridgehead atoms. The van der Waals surface area contributed by atoms with Crippen LogP contribution in [0.1, 0.15) is 50.4 Å². The van der Waals surface area contributed by atoms with Gasteiger partial charge in [0, 0.05) is 65.3 Å². The number of nitrogens with zero attached hydrogens (tertiary/aromatic N) is 5. The van der Waals surface area contributed by atoms with Crippen LogP contribution in [0.4, 0.5) is 4.79 Å². The summed E-state index contributed by atoms with van der Waals surface area (Å²) < 4.78 is 10.7. The first-order chi connectivity index (χ1) is 14.6. The van der Waals surface area contributed by atoms with E-state index in [4.69, 9.17) is 9.26 Å². The Morgan fingerprint density at radius 1 is 1.23 bits per heavy atom. The molecule has 2 aliphatic rings. The van der Waals surface area contributed by atoms with Gasteiger partial charge in [-0.2, -0.15) is 4.98 Å². The van der Waals surface area contributed by atoms with Crippen LogP contribution in [-0.2, 0) is 16.0 Å². The molecule has 30 heavy (non-hydrogen) atoms. The number of piperazine rings is 1. The summed E-state index contributed by atoms with van der Waals surface area (Å²) >= 11 is 0. The number of likely N-dealkylation sites (N-methyl/N-ethyl adjacent to an activating group) is 1. The average Bonchev–Trinajstić information content (AvgIpc) is 3.41. The predicted octanol–water partition coefficient (Wildman–Crippen LogP) is 1.05. The molecule has 0 radical (unpaired) electrons. The van der Waals surface area contributed by atoms with E-state index in [1.54, 1.807) is 4.90 Å². The van der Waals surface area contributed by atoms with Crippen molar-refractivity contribution in [3.63, 3.8) is 0 Å². The van der Waals surface area contributed by atoms with Crippen molar-refractivity contribution in [2.75, 3.05) is 59.5 Å². The van der Waals surface area contributed by atoms with E-state index in [-0.39, 0.29) is 18.0 Å². The molecule has 2 saturated heterocycles. The van der Waals surface area contributed by atoms with E-state index in [1.807, 2.05) is 11.8 Å². The first kappa shape index (κ1) is 22.5. The topological polar surface area (TPSA) is 104 Å². The van der Waals surface area contributed by atoms with Gasteiger partial charge in [-0.1, -0.05) is 5.16 Å². The van der Waals surface area contributed by atoms with Crippen LogP contribution in [0.15, 0.2) is 4.52 Å². The van der Waals surface area contributed by atoms with Crippen LogP contribution in [0.25, 0.3) is 0 Å². The second-order valence-corrected chi connectivity index (χ2v) is 7.86. The zero-order valence-electron chi connectivity index (χ0n) is 18.1. The molecule has 3 heterocycles. The van der Waals surface area contributed by atoms with E-state index in [0.717, 1.165) is 45.4 Å². The summed E-state index contributed by atoms with van der Waals surface area (Å²) in [6.45, 7) is 7.87. The van der Waals surface area contributed by atoms with Crippen molar-refractivity contribution in [2.45, 2.75) is 45.1 Å². The summed E-state index contributed by atoms with van der Waals surface area (Å²) in [7, 11) is 2.06. The van der Waals surface area contributed by atoms with Gasteiger partial charge in [-0.05, 0) is 33.2 Å². The molecule has 3 rings (SSSR count). The summed E-state index contributed by atoms with van der Waals surface area (Å²) in [5.74, 6) is 1.10. The first-order valence-electron chi connectivity index (χ1n) is 11.0. The number of urea groups is 1. The Balaban J connectivity index is 1.46. The van der Waals surface area contributed by atoms with Crippen molar-refractivity contribution in [2.24, 2.45) is 0 Å². The largest absolute Gasteiger partial charge is 0.382 e. The van der Waals surface area contributed by atoms with Crippen molar-refractivity contribution in [3.05, 3.63) is 11.7 Å². The Bertz CT molecular complexity index is 689. The van der Waals surface area contributed by atoms with Crippen molar-refractivity contribution >= 4 is 11.9 Å². The highest BCUT2D eigenvalue weighted by Gasteiger charge is 2.33. The minimum Gasteiger partial charge on any atom is -0.382 e. The van der Waals surface area contributed by atoms with Crippen LogP contribution in [-0.4, -0.2) is 96.3 Å². The number of aryl methyl sites for hydroxylation is 1. The maximum Gasteiger partial charge on any atom is 0.318 e. The molecule has 2 aliphatic heterocycles. The van der Waals surface area contributed by atoms with E-state index in [2.05, 4.69) is 27.4 Å². The lowest BCUT2D eigenvalue weighted by Crippen LogP contribution is -2.47. The Morgan fingerprint density at radius 3 is 2.80 bits per heavy atom. The molecule has 1 aromatic heterocycles. The van der Waals surface area contributed by atoms with Gasteiger partial charge in [0.15, 0.2) is 5.82 Å². The maximum atomic E-state index is 12.5. The molecule has 0 spiro atoms. The summed E-state index contributed by atoms with van der Waals surface area (Å²) in [5, 5.41) is 7.03. The van der Waals surface area contributed by atoms with Gasteiger partial charge in [-0.3, -0.25) is 4.79 Å². The second-order valence-electron chi connectivity index (χ2n) is 7.86. The monoisotopic (exact) mass is 422 g/mol. The third-order valence-electron chi connectivity index (χ3n) is 5.65. The summed E-state index contributed by atoms with van der Waals surface area (Å²) in [5.41, 5.74) is 0. The number of hydrogen-bond acceptors (Lipinski definition) is 7. The van der Waals surface area contributed by atoms with Crippen LogP contribution in [0.5, 0.6) is 0 Å². The Morgan fingerprint density at radius 2 is 2.03 bits per heavy atom. The molecule has 1 N–H and O–H groups in total. The highest BCUT2D eigenvalue weighted by molar-refractivity contribution is 5.76. The zero-order chi connectivity index (χ0) is 21.3. The van der Waals surface area contributed by atoms with Crippen LogP contribution in [0, 0.1) is 0 Å². The van der Waals surface area contributed by atoms with Crippen LogP contribution in [0.2, 0.25) is 0 Å². The van der Waals surface area contributed by atoms with Crippen molar-refractivity contribution in [3.8, 4) is 0 Å². The zero-order valence-corrected chi connectivity index (χ0v) is 18.1. The average molecular weight is 423 g/mol. The van der Waals surface area contributed by atoms with Gasteiger partial charge in [-0.25, -0.2) is 4.79 Å². The fraction of sp³-hybridized carbons (Fsp3) is 0.800. The molecule has 2 fully saturated rings. The number of amides is 3. The fourth-order valence-corrected chi connectivity index (χ4v) is 3.83. The lowest BCUT2D eigenvalue weighted by atomic mass is 10.2. The molecular weight excluding hydrogens is 388 g/mol. The molecule has 1 atom stereocenters. The minimum absolute atomic E-state index is 0.106. The van der Waals surface area contributed by atoms with Gasteiger partial charge in [-0.15, -0.1) is 0 Å². The number of likely N-dealkylation sites (tertiary alicyclic amines) is 1. The molecule has 3 amide bonds. The smallest absolute Gasteiger partial charge is 0.318 e. The van der Waals surface area contributed by atoms with E-state index in [9.17, 15) is 9.59 Å².